The molecule has 0 saturated carbocycles. The zero-order chi connectivity index (χ0) is 10.3. The van der Waals surface area contributed by atoms with Crippen molar-refractivity contribution in [2.24, 2.45) is 7.05 Å². The number of carboxylic acids is 1. The van der Waals surface area contributed by atoms with E-state index in [1.807, 2.05) is 17.7 Å². The van der Waals surface area contributed by atoms with Gasteiger partial charge in [-0.3, -0.25) is 0 Å². The van der Waals surface area contributed by atoms with Crippen LogP contribution in [-0.4, -0.2) is 15.6 Å². The van der Waals surface area contributed by atoms with Crippen LogP contribution in [0, 0.1) is 0 Å². The normalized spacial score (nSPS) is 10.6. The van der Waals surface area contributed by atoms with Crippen molar-refractivity contribution in [3.63, 3.8) is 0 Å². The minimum absolute atomic E-state index is 0.251. The summed E-state index contributed by atoms with van der Waals surface area (Å²) >= 11 is 0. The number of fused-ring (bicyclic) bond motifs is 1. The highest BCUT2D eigenvalue weighted by atomic mass is 16.4. The fraction of sp³-hybridized carbons (Fsp3) is 0.100. The van der Waals surface area contributed by atoms with Gasteiger partial charge in [-0.05, 0) is 12.1 Å². The maximum absolute atomic E-state index is 10.9. The predicted octanol–water partition coefficient (Wildman–Crippen LogP) is 1.46. The van der Waals surface area contributed by atoms with Gasteiger partial charge in [0, 0.05) is 18.6 Å². The summed E-state index contributed by atoms with van der Waals surface area (Å²) < 4.78 is 1.82. The Morgan fingerprint density at radius 2 is 2.21 bits per heavy atom. The number of nitrogen functional groups attached to an aromatic ring is 1. The molecular weight excluding hydrogens is 180 g/mol. The Morgan fingerprint density at radius 3 is 2.86 bits per heavy atom. The molecule has 2 rings (SSSR count). The molecule has 0 radical (unpaired) electrons. The SMILES string of the molecule is Cn1cc(N)c2c(C(=O)O)cccc21. The highest BCUT2D eigenvalue weighted by Crippen LogP contribution is 2.26. The number of anilines is 1. The first-order valence-corrected chi connectivity index (χ1v) is 4.18. The van der Waals surface area contributed by atoms with Gasteiger partial charge in [-0.15, -0.1) is 0 Å². The summed E-state index contributed by atoms with van der Waals surface area (Å²) in [6, 6.07) is 5.12. The number of rotatable bonds is 1. The van der Waals surface area contributed by atoms with Gasteiger partial charge in [-0.2, -0.15) is 0 Å². The predicted molar refractivity (Wildman–Crippen MR) is 54.3 cm³/mol. The van der Waals surface area contributed by atoms with Crippen LogP contribution in [0.3, 0.4) is 0 Å². The number of carboxylic acid groups (broad SMARTS) is 1. The van der Waals surface area contributed by atoms with Gasteiger partial charge >= 0.3 is 5.97 Å². The van der Waals surface area contributed by atoms with E-state index in [1.54, 1.807) is 18.3 Å². The number of hydrogen-bond donors (Lipinski definition) is 2. The summed E-state index contributed by atoms with van der Waals surface area (Å²) in [6.07, 6.45) is 1.72. The second kappa shape index (κ2) is 2.77. The molecule has 4 nitrogen and oxygen atoms in total. The van der Waals surface area contributed by atoms with Crippen LogP contribution in [0.1, 0.15) is 10.4 Å². The van der Waals surface area contributed by atoms with E-state index < -0.39 is 5.97 Å². The van der Waals surface area contributed by atoms with Gasteiger partial charge in [0.25, 0.3) is 0 Å². The lowest BCUT2D eigenvalue weighted by Gasteiger charge is -1.99. The first-order valence-electron chi connectivity index (χ1n) is 4.18. The van der Waals surface area contributed by atoms with Crippen LogP contribution in [0.25, 0.3) is 10.9 Å². The summed E-state index contributed by atoms with van der Waals surface area (Å²) in [6.45, 7) is 0. The number of aryl methyl sites for hydroxylation is 1. The van der Waals surface area contributed by atoms with Crippen molar-refractivity contribution in [2.75, 3.05) is 5.73 Å². The number of nitrogens with two attached hydrogens (primary N) is 1. The molecule has 2 aromatic rings. The molecule has 0 atom stereocenters. The highest BCUT2D eigenvalue weighted by molar-refractivity contribution is 6.08. The van der Waals surface area contributed by atoms with Crippen molar-refractivity contribution in [1.29, 1.82) is 0 Å². The molecule has 1 heterocycles. The van der Waals surface area contributed by atoms with Gasteiger partial charge in [0.05, 0.1) is 16.8 Å². The van der Waals surface area contributed by atoms with Crippen molar-refractivity contribution in [3.8, 4) is 0 Å². The van der Waals surface area contributed by atoms with Gasteiger partial charge in [-0.1, -0.05) is 6.07 Å². The average molecular weight is 190 g/mol. The molecule has 0 amide bonds. The van der Waals surface area contributed by atoms with Crippen molar-refractivity contribution >= 4 is 22.6 Å². The van der Waals surface area contributed by atoms with E-state index in [0.717, 1.165) is 5.52 Å². The molecule has 0 saturated heterocycles. The van der Waals surface area contributed by atoms with E-state index in [9.17, 15) is 4.79 Å². The number of benzene rings is 1. The highest BCUT2D eigenvalue weighted by Gasteiger charge is 2.12. The maximum Gasteiger partial charge on any atom is 0.336 e. The first-order chi connectivity index (χ1) is 6.61. The van der Waals surface area contributed by atoms with Crippen LogP contribution >= 0.6 is 0 Å². The summed E-state index contributed by atoms with van der Waals surface area (Å²) in [5, 5.41) is 9.57. The summed E-state index contributed by atoms with van der Waals surface area (Å²) in [5.74, 6) is -0.950. The largest absolute Gasteiger partial charge is 0.478 e. The molecule has 3 N–H and O–H groups in total. The van der Waals surface area contributed by atoms with E-state index in [1.165, 1.54) is 0 Å². The van der Waals surface area contributed by atoms with Crippen LogP contribution < -0.4 is 5.73 Å². The maximum atomic E-state index is 10.9. The van der Waals surface area contributed by atoms with Gasteiger partial charge in [-0.25, -0.2) is 4.79 Å². The number of hydrogen-bond acceptors (Lipinski definition) is 2. The molecule has 0 spiro atoms. The molecule has 0 bridgehead atoms. The smallest absolute Gasteiger partial charge is 0.336 e. The molecule has 0 aliphatic heterocycles. The Bertz CT molecular complexity index is 514. The number of aromatic carboxylic acids is 1. The lowest BCUT2D eigenvalue weighted by molar-refractivity contribution is 0.0699. The zero-order valence-corrected chi connectivity index (χ0v) is 7.69. The van der Waals surface area contributed by atoms with Gasteiger partial charge in [0.2, 0.25) is 0 Å². The monoisotopic (exact) mass is 190 g/mol. The van der Waals surface area contributed by atoms with E-state index in [-0.39, 0.29) is 5.56 Å². The molecule has 0 fully saturated rings. The number of aromatic nitrogens is 1. The molecule has 0 aliphatic rings. The standard InChI is InChI=1S/C10H10N2O2/c1-12-5-7(11)9-6(10(13)14)3-2-4-8(9)12/h2-5H,11H2,1H3,(H,13,14). The quantitative estimate of drug-likeness (QED) is 0.715. The minimum atomic E-state index is -0.950. The van der Waals surface area contributed by atoms with Crippen LogP contribution in [0.2, 0.25) is 0 Å². The Morgan fingerprint density at radius 1 is 1.50 bits per heavy atom. The van der Waals surface area contributed by atoms with Crippen LogP contribution in [0.4, 0.5) is 5.69 Å². The van der Waals surface area contributed by atoms with Crippen LogP contribution in [-0.2, 0) is 7.05 Å². The Kier molecular flexibility index (Phi) is 1.70. The van der Waals surface area contributed by atoms with E-state index in [4.69, 9.17) is 10.8 Å². The Labute approximate surface area is 80.6 Å². The van der Waals surface area contributed by atoms with Crippen molar-refractivity contribution in [3.05, 3.63) is 30.0 Å². The van der Waals surface area contributed by atoms with Gasteiger partial charge in [0.1, 0.15) is 0 Å². The van der Waals surface area contributed by atoms with Crippen LogP contribution in [0.15, 0.2) is 24.4 Å². The topological polar surface area (TPSA) is 68.2 Å². The molecule has 72 valence electrons. The number of carbonyl (C=O) groups is 1. The fourth-order valence-electron chi connectivity index (χ4n) is 1.66. The second-order valence-electron chi connectivity index (χ2n) is 3.20. The fourth-order valence-corrected chi connectivity index (χ4v) is 1.66. The average Bonchev–Trinajstić information content (AvgIpc) is 2.43. The molecule has 1 aromatic heterocycles. The lowest BCUT2D eigenvalue weighted by Crippen LogP contribution is -1.98. The van der Waals surface area contributed by atoms with E-state index in [2.05, 4.69) is 0 Å². The van der Waals surface area contributed by atoms with Crippen molar-refractivity contribution in [1.82, 2.24) is 4.57 Å². The van der Waals surface area contributed by atoms with Crippen LogP contribution in [0.5, 0.6) is 0 Å². The number of nitrogens with zero attached hydrogens (tertiary/aromatic N) is 1. The molecule has 4 heteroatoms. The third-order valence-electron chi connectivity index (χ3n) is 2.27. The third-order valence-corrected chi connectivity index (χ3v) is 2.27. The van der Waals surface area contributed by atoms with E-state index in [0.29, 0.717) is 11.1 Å². The minimum Gasteiger partial charge on any atom is -0.478 e. The summed E-state index contributed by atoms with van der Waals surface area (Å²) in [4.78, 5) is 10.9. The van der Waals surface area contributed by atoms with E-state index >= 15 is 0 Å². The summed E-state index contributed by atoms with van der Waals surface area (Å²) in [5.41, 5.74) is 7.32. The van der Waals surface area contributed by atoms with Crippen molar-refractivity contribution in [2.45, 2.75) is 0 Å². The van der Waals surface area contributed by atoms with Gasteiger partial charge < -0.3 is 15.4 Å². The first kappa shape index (κ1) is 8.62. The zero-order valence-electron chi connectivity index (χ0n) is 7.69. The van der Waals surface area contributed by atoms with Gasteiger partial charge in [0.15, 0.2) is 0 Å². The third kappa shape index (κ3) is 1.04. The molecule has 1 aromatic carbocycles. The molecule has 0 aliphatic carbocycles. The second-order valence-corrected chi connectivity index (χ2v) is 3.20. The molecule has 0 unspecified atom stereocenters. The Hall–Kier alpha value is -1.97. The molecular formula is C10H10N2O2. The Balaban J connectivity index is 2.92. The summed E-state index contributed by atoms with van der Waals surface area (Å²) in [7, 11) is 1.84. The lowest BCUT2D eigenvalue weighted by atomic mass is 10.1. The van der Waals surface area contributed by atoms with Crippen molar-refractivity contribution < 1.29 is 9.90 Å². The molecule has 14 heavy (non-hydrogen) atoms.